The number of ether oxygens (including phenoxy) is 1. The number of nitrogens with zero attached hydrogens (tertiary/aromatic N) is 1. The average Bonchev–Trinajstić information content (AvgIpc) is 3.07. The number of Topliss-reactive ketones (excluding diaryl/α,β-unsaturated/α-hetero) is 1. The number of hydrogen-bond donors (Lipinski definition) is 0. The minimum atomic E-state index is -0.418. The van der Waals surface area contributed by atoms with Crippen LogP contribution < -0.4 is 0 Å². The molecule has 2 aromatic rings. The molecule has 5 nitrogen and oxygen atoms in total. The zero-order valence-electron chi connectivity index (χ0n) is 14.7. The van der Waals surface area contributed by atoms with Crippen LogP contribution >= 0.6 is 0 Å². The highest BCUT2D eigenvalue weighted by molar-refractivity contribution is 5.98. The minimum absolute atomic E-state index is 0.0434. The van der Waals surface area contributed by atoms with Crippen LogP contribution in [0.3, 0.4) is 0 Å². The third-order valence-electron chi connectivity index (χ3n) is 5.07. The van der Waals surface area contributed by atoms with Gasteiger partial charge in [0.15, 0.2) is 5.78 Å². The Balaban J connectivity index is 1.69. The Labute approximate surface area is 157 Å². The Morgan fingerprint density at radius 3 is 2.48 bits per heavy atom. The molecule has 2 aromatic carbocycles. The second kappa shape index (κ2) is 7.19. The van der Waals surface area contributed by atoms with Crippen molar-refractivity contribution in [2.75, 3.05) is 0 Å². The number of nitro benzene ring substituents is 1. The van der Waals surface area contributed by atoms with E-state index in [9.17, 15) is 14.9 Å². The van der Waals surface area contributed by atoms with E-state index in [1.807, 2.05) is 42.5 Å². The standard InChI is InChI=1S/C22H19NO4/c24-19-7-4-8-20-21(19)18(14-9-15-5-2-1-3-6-15)22(27-20)16-10-12-17(13-11-16)23(25)26/h1-3,5-6,9-14,18,22H,4,7-8H2/b14-9+/t18-,22+/m0/s1. The summed E-state index contributed by atoms with van der Waals surface area (Å²) in [4.78, 5) is 23.1. The van der Waals surface area contributed by atoms with Crippen LogP contribution in [0.15, 0.2) is 72.0 Å². The maximum absolute atomic E-state index is 12.6. The zero-order chi connectivity index (χ0) is 18.8. The van der Waals surface area contributed by atoms with E-state index in [1.165, 1.54) is 12.1 Å². The van der Waals surface area contributed by atoms with Crippen molar-refractivity contribution in [3.8, 4) is 0 Å². The number of carbonyl (C=O) groups excluding carboxylic acids is 1. The summed E-state index contributed by atoms with van der Waals surface area (Å²) in [5.74, 6) is 0.732. The molecule has 0 radical (unpaired) electrons. The molecular weight excluding hydrogens is 342 g/mol. The van der Waals surface area contributed by atoms with Crippen LogP contribution in [0, 0.1) is 16.0 Å². The first-order valence-corrected chi connectivity index (χ1v) is 9.04. The van der Waals surface area contributed by atoms with Gasteiger partial charge in [0.05, 0.1) is 10.8 Å². The lowest BCUT2D eigenvalue weighted by atomic mass is 9.83. The number of carbonyl (C=O) groups is 1. The summed E-state index contributed by atoms with van der Waals surface area (Å²) in [7, 11) is 0. The summed E-state index contributed by atoms with van der Waals surface area (Å²) in [6.45, 7) is 0. The van der Waals surface area contributed by atoms with Crippen molar-refractivity contribution < 1.29 is 14.5 Å². The molecule has 0 unspecified atom stereocenters. The highest BCUT2D eigenvalue weighted by Gasteiger charge is 2.40. The first-order chi connectivity index (χ1) is 13.1. The zero-order valence-corrected chi connectivity index (χ0v) is 14.7. The van der Waals surface area contributed by atoms with E-state index < -0.39 is 4.92 Å². The van der Waals surface area contributed by atoms with Crippen molar-refractivity contribution in [3.63, 3.8) is 0 Å². The van der Waals surface area contributed by atoms with Gasteiger partial charge in [-0.1, -0.05) is 42.5 Å². The third-order valence-corrected chi connectivity index (χ3v) is 5.07. The van der Waals surface area contributed by atoms with Crippen molar-refractivity contribution in [2.24, 2.45) is 5.92 Å². The van der Waals surface area contributed by atoms with Crippen LogP contribution in [0.4, 0.5) is 5.69 Å². The van der Waals surface area contributed by atoms with Crippen molar-refractivity contribution in [1.29, 1.82) is 0 Å². The molecule has 1 aliphatic heterocycles. The Kier molecular flexibility index (Phi) is 4.59. The molecular formula is C22H19NO4. The van der Waals surface area contributed by atoms with Gasteiger partial charge in [-0.2, -0.15) is 0 Å². The van der Waals surface area contributed by atoms with Gasteiger partial charge in [0.25, 0.3) is 5.69 Å². The minimum Gasteiger partial charge on any atom is -0.489 e. The lowest BCUT2D eigenvalue weighted by Gasteiger charge is -2.18. The SMILES string of the molecule is O=C1CCCC2=C1[C@H](/C=C/c1ccccc1)[C@@H](c1ccc([N+](=O)[O-])cc1)O2. The molecule has 136 valence electrons. The fourth-order valence-corrected chi connectivity index (χ4v) is 3.74. The number of hydrogen-bond acceptors (Lipinski definition) is 4. The van der Waals surface area contributed by atoms with Gasteiger partial charge in [0.2, 0.25) is 0 Å². The number of benzene rings is 2. The predicted molar refractivity (Wildman–Crippen MR) is 102 cm³/mol. The molecule has 2 atom stereocenters. The molecule has 27 heavy (non-hydrogen) atoms. The molecule has 0 saturated heterocycles. The Morgan fingerprint density at radius 1 is 1.04 bits per heavy atom. The number of rotatable bonds is 4. The lowest BCUT2D eigenvalue weighted by molar-refractivity contribution is -0.384. The predicted octanol–water partition coefficient (Wildman–Crippen LogP) is 5.00. The molecule has 4 rings (SSSR count). The van der Waals surface area contributed by atoms with Gasteiger partial charge in [0.1, 0.15) is 11.9 Å². The normalized spacial score (nSPS) is 22.0. The summed E-state index contributed by atoms with van der Waals surface area (Å²) in [6, 6.07) is 16.3. The monoisotopic (exact) mass is 361 g/mol. The molecule has 1 aliphatic carbocycles. The number of ketones is 1. The maximum atomic E-state index is 12.6. The van der Waals surface area contributed by atoms with Gasteiger partial charge in [-0.15, -0.1) is 0 Å². The van der Waals surface area contributed by atoms with Crippen LogP contribution in [-0.2, 0) is 9.53 Å². The molecule has 0 N–H and O–H groups in total. The first kappa shape index (κ1) is 17.2. The third kappa shape index (κ3) is 3.40. The maximum Gasteiger partial charge on any atom is 0.269 e. The second-order valence-electron chi connectivity index (χ2n) is 6.80. The van der Waals surface area contributed by atoms with Gasteiger partial charge < -0.3 is 4.74 Å². The first-order valence-electron chi connectivity index (χ1n) is 9.04. The molecule has 0 fully saturated rings. The second-order valence-corrected chi connectivity index (χ2v) is 6.80. The van der Waals surface area contributed by atoms with E-state index in [1.54, 1.807) is 12.1 Å². The van der Waals surface area contributed by atoms with Crippen molar-refractivity contribution in [3.05, 3.63) is 93.2 Å². The van der Waals surface area contributed by atoms with Crippen LogP contribution in [0.1, 0.15) is 36.5 Å². The van der Waals surface area contributed by atoms with E-state index in [0.717, 1.165) is 35.3 Å². The summed E-state index contributed by atoms with van der Waals surface area (Å²) in [5, 5.41) is 10.9. The van der Waals surface area contributed by atoms with Gasteiger partial charge in [-0.25, -0.2) is 0 Å². The fourth-order valence-electron chi connectivity index (χ4n) is 3.74. The topological polar surface area (TPSA) is 69.4 Å². The molecule has 0 saturated carbocycles. The van der Waals surface area contributed by atoms with Crippen molar-refractivity contribution in [1.82, 2.24) is 0 Å². The van der Waals surface area contributed by atoms with Gasteiger partial charge in [-0.05, 0) is 29.7 Å². The Hall–Kier alpha value is -3.21. The van der Waals surface area contributed by atoms with Crippen LogP contribution in [0.25, 0.3) is 6.08 Å². The van der Waals surface area contributed by atoms with E-state index in [-0.39, 0.29) is 23.5 Å². The Morgan fingerprint density at radius 2 is 1.78 bits per heavy atom. The lowest BCUT2D eigenvalue weighted by Crippen LogP contribution is -2.15. The average molecular weight is 361 g/mol. The van der Waals surface area contributed by atoms with Gasteiger partial charge >= 0.3 is 0 Å². The molecule has 0 spiro atoms. The summed E-state index contributed by atoms with van der Waals surface area (Å²) < 4.78 is 6.16. The summed E-state index contributed by atoms with van der Waals surface area (Å²) in [6.07, 6.45) is 5.81. The molecule has 1 heterocycles. The van der Waals surface area contributed by atoms with E-state index in [0.29, 0.717) is 6.42 Å². The van der Waals surface area contributed by atoms with Crippen molar-refractivity contribution in [2.45, 2.75) is 25.4 Å². The van der Waals surface area contributed by atoms with Crippen LogP contribution in [0.2, 0.25) is 0 Å². The van der Waals surface area contributed by atoms with Crippen LogP contribution in [-0.4, -0.2) is 10.7 Å². The highest BCUT2D eigenvalue weighted by Crippen LogP contribution is 2.46. The molecule has 0 aromatic heterocycles. The largest absolute Gasteiger partial charge is 0.489 e. The molecule has 0 bridgehead atoms. The fraction of sp³-hybridized carbons (Fsp3) is 0.227. The molecule has 2 aliphatic rings. The highest BCUT2D eigenvalue weighted by atomic mass is 16.6. The quantitative estimate of drug-likeness (QED) is 0.567. The summed E-state index contributed by atoms with van der Waals surface area (Å²) in [5.41, 5.74) is 2.70. The number of nitro groups is 1. The smallest absolute Gasteiger partial charge is 0.269 e. The summed E-state index contributed by atoms with van der Waals surface area (Å²) >= 11 is 0. The van der Waals surface area contributed by atoms with Gasteiger partial charge in [0, 0.05) is 30.5 Å². The molecule has 0 amide bonds. The van der Waals surface area contributed by atoms with E-state index in [2.05, 4.69) is 0 Å². The van der Waals surface area contributed by atoms with Gasteiger partial charge in [-0.3, -0.25) is 14.9 Å². The molecule has 5 heteroatoms. The van der Waals surface area contributed by atoms with E-state index >= 15 is 0 Å². The number of non-ortho nitro benzene ring substituents is 1. The van der Waals surface area contributed by atoms with Crippen molar-refractivity contribution >= 4 is 17.5 Å². The number of allylic oxidation sites excluding steroid dienone is 1. The van der Waals surface area contributed by atoms with E-state index in [4.69, 9.17) is 4.74 Å². The van der Waals surface area contributed by atoms with Crippen LogP contribution in [0.5, 0.6) is 0 Å². The Bertz CT molecular complexity index is 929.